The lowest BCUT2D eigenvalue weighted by Gasteiger charge is -2.43. The lowest BCUT2D eigenvalue weighted by molar-refractivity contribution is -0.0660. The standard InChI is InChI=1S/C25H26N6O2/c1-32-23-7-2-18(14-19(23)15-26)25-27-9-8-24(29-25)28-20-3-5-21(6-4-20)30-10-12-31(13-11-30)22-16-33-17-22/h2-9,14,22H,10-13,16-17H2,1H3,(H,27,28,29). The summed E-state index contributed by atoms with van der Waals surface area (Å²) < 4.78 is 10.5. The van der Waals surface area contributed by atoms with Crippen molar-refractivity contribution in [1.29, 1.82) is 5.26 Å². The van der Waals surface area contributed by atoms with Gasteiger partial charge in [-0.15, -0.1) is 0 Å². The molecule has 8 nitrogen and oxygen atoms in total. The number of benzene rings is 2. The normalized spacial score (nSPS) is 16.7. The molecule has 0 bridgehead atoms. The zero-order valence-electron chi connectivity index (χ0n) is 18.6. The van der Waals surface area contributed by atoms with E-state index in [4.69, 9.17) is 9.47 Å². The van der Waals surface area contributed by atoms with Crippen LogP contribution in [-0.4, -0.2) is 67.4 Å². The van der Waals surface area contributed by atoms with Crippen molar-refractivity contribution in [2.24, 2.45) is 0 Å². The summed E-state index contributed by atoms with van der Waals surface area (Å²) in [4.78, 5) is 13.9. The number of aromatic nitrogens is 2. The summed E-state index contributed by atoms with van der Waals surface area (Å²) >= 11 is 0. The first-order valence-electron chi connectivity index (χ1n) is 11.1. The van der Waals surface area contributed by atoms with Crippen LogP contribution in [0.2, 0.25) is 0 Å². The minimum atomic E-state index is 0.453. The van der Waals surface area contributed by atoms with Gasteiger partial charge >= 0.3 is 0 Å². The second kappa shape index (κ2) is 9.45. The number of rotatable bonds is 6. The lowest BCUT2D eigenvalue weighted by Crippen LogP contribution is -2.56. The number of nitrogens with one attached hydrogen (secondary N) is 1. The minimum Gasteiger partial charge on any atom is -0.495 e. The van der Waals surface area contributed by atoms with Gasteiger partial charge in [-0.3, -0.25) is 4.90 Å². The summed E-state index contributed by atoms with van der Waals surface area (Å²) in [7, 11) is 1.55. The lowest BCUT2D eigenvalue weighted by atomic mass is 10.1. The molecule has 2 aromatic carbocycles. The Kier molecular flexibility index (Phi) is 6.07. The van der Waals surface area contributed by atoms with Gasteiger partial charge in [-0.2, -0.15) is 5.26 Å². The predicted octanol–water partition coefficient (Wildman–Crippen LogP) is 3.29. The van der Waals surface area contributed by atoms with Crippen molar-refractivity contribution in [2.75, 3.05) is 56.7 Å². The number of ether oxygens (including phenoxy) is 2. The SMILES string of the molecule is COc1ccc(-c2nccc(Nc3ccc(N4CCN(C5COC5)CC4)cc3)n2)cc1C#N. The zero-order chi connectivity index (χ0) is 22.6. The van der Waals surface area contributed by atoms with E-state index >= 15 is 0 Å². The number of nitrogens with zero attached hydrogens (tertiary/aromatic N) is 5. The van der Waals surface area contributed by atoms with Crippen LogP contribution in [0.5, 0.6) is 5.75 Å². The van der Waals surface area contributed by atoms with Gasteiger partial charge in [0, 0.05) is 49.3 Å². The minimum absolute atomic E-state index is 0.453. The third-order valence-corrected chi connectivity index (χ3v) is 6.19. The number of nitriles is 1. The van der Waals surface area contributed by atoms with E-state index in [1.165, 1.54) is 5.69 Å². The molecule has 5 rings (SSSR count). The van der Waals surface area contributed by atoms with E-state index < -0.39 is 0 Å². The largest absolute Gasteiger partial charge is 0.495 e. The summed E-state index contributed by atoms with van der Waals surface area (Å²) in [5.41, 5.74) is 3.41. The fourth-order valence-electron chi connectivity index (χ4n) is 4.18. The van der Waals surface area contributed by atoms with Crippen molar-refractivity contribution < 1.29 is 9.47 Å². The van der Waals surface area contributed by atoms with Crippen LogP contribution in [0.4, 0.5) is 17.2 Å². The van der Waals surface area contributed by atoms with Crippen LogP contribution in [0.3, 0.4) is 0 Å². The first kappa shape index (κ1) is 21.2. The van der Waals surface area contributed by atoms with Crippen LogP contribution < -0.4 is 15.0 Å². The Morgan fingerprint density at radius 3 is 2.52 bits per heavy atom. The third-order valence-electron chi connectivity index (χ3n) is 6.19. The Morgan fingerprint density at radius 2 is 1.85 bits per heavy atom. The number of methoxy groups -OCH3 is 1. The molecule has 168 valence electrons. The van der Waals surface area contributed by atoms with Crippen LogP contribution in [-0.2, 0) is 4.74 Å². The quantitative estimate of drug-likeness (QED) is 0.622. The molecule has 0 unspecified atom stereocenters. The molecule has 0 radical (unpaired) electrons. The van der Waals surface area contributed by atoms with E-state index in [0.29, 0.717) is 29.0 Å². The van der Waals surface area contributed by atoms with Crippen LogP contribution in [0.15, 0.2) is 54.7 Å². The zero-order valence-corrected chi connectivity index (χ0v) is 18.6. The number of piperazine rings is 1. The molecule has 8 heteroatoms. The Morgan fingerprint density at radius 1 is 1.06 bits per heavy atom. The molecule has 2 aliphatic rings. The van der Waals surface area contributed by atoms with E-state index in [9.17, 15) is 5.26 Å². The highest BCUT2D eigenvalue weighted by Crippen LogP contribution is 2.26. The molecule has 0 amide bonds. The second-order valence-corrected chi connectivity index (χ2v) is 8.18. The van der Waals surface area contributed by atoms with Gasteiger partial charge in [0.1, 0.15) is 17.6 Å². The molecular formula is C25H26N6O2. The molecule has 2 saturated heterocycles. The second-order valence-electron chi connectivity index (χ2n) is 8.18. The Labute approximate surface area is 193 Å². The van der Waals surface area contributed by atoms with Crippen molar-refractivity contribution in [2.45, 2.75) is 6.04 Å². The first-order chi connectivity index (χ1) is 16.2. The molecule has 1 aromatic heterocycles. The van der Waals surface area contributed by atoms with Gasteiger partial charge < -0.3 is 19.7 Å². The average Bonchev–Trinajstić information content (AvgIpc) is 2.84. The van der Waals surface area contributed by atoms with Crippen LogP contribution in [0.25, 0.3) is 11.4 Å². The highest BCUT2D eigenvalue weighted by Gasteiger charge is 2.28. The fraction of sp³-hybridized carbons (Fsp3) is 0.320. The van der Waals surface area contributed by atoms with Gasteiger partial charge in [-0.05, 0) is 48.5 Å². The first-order valence-corrected chi connectivity index (χ1v) is 11.1. The summed E-state index contributed by atoms with van der Waals surface area (Å²) in [5, 5.41) is 12.7. The monoisotopic (exact) mass is 442 g/mol. The van der Waals surface area contributed by atoms with Gasteiger partial charge in [-0.1, -0.05) is 0 Å². The molecule has 2 aliphatic heterocycles. The maximum atomic E-state index is 9.34. The number of hydrogen-bond donors (Lipinski definition) is 1. The Balaban J connectivity index is 1.24. The number of anilines is 3. The fourth-order valence-corrected chi connectivity index (χ4v) is 4.18. The predicted molar refractivity (Wildman–Crippen MR) is 127 cm³/mol. The van der Waals surface area contributed by atoms with Gasteiger partial charge in [0.15, 0.2) is 5.82 Å². The van der Waals surface area contributed by atoms with Gasteiger partial charge in [-0.25, -0.2) is 9.97 Å². The Hall–Kier alpha value is -3.67. The molecule has 33 heavy (non-hydrogen) atoms. The van der Waals surface area contributed by atoms with Crippen molar-refractivity contribution in [3.8, 4) is 23.2 Å². The smallest absolute Gasteiger partial charge is 0.161 e. The molecule has 3 aromatic rings. The maximum absolute atomic E-state index is 9.34. The van der Waals surface area contributed by atoms with Crippen LogP contribution in [0, 0.1) is 11.3 Å². The van der Waals surface area contributed by atoms with Gasteiger partial charge in [0.2, 0.25) is 0 Å². The van der Waals surface area contributed by atoms with Crippen molar-refractivity contribution in [3.63, 3.8) is 0 Å². The van der Waals surface area contributed by atoms with E-state index in [0.717, 1.165) is 50.6 Å². The van der Waals surface area contributed by atoms with E-state index in [-0.39, 0.29) is 0 Å². The number of hydrogen-bond acceptors (Lipinski definition) is 8. The molecular weight excluding hydrogens is 416 g/mol. The van der Waals surface area contributed by atoms with E-state index in [1.54, 1.807) is 25.4 Å². The van der Waals surface area contributed by atoms with Gasteiger partial charge in [0.05, 0.1) is 31.9 Å². The molecule has 0 aliphatic carbocycles. The summed E-state index contributed by atoms with van der Waals surface area (Å²) in [5.74, 6) is 1.78. The Bertz CT molecular complexity index is 1150. The molecule has 0 atom stereocenters. The molecule has 3 heterocycles. The summed E-state index contributed by atoms with van der Waals surface area (Å²) in [6, 6.07) is 18.4. The van der Waals surface area contributed by atoms with Crippen LogP contribution >= 0.6 is 0 Å². The van der Waals surface area contributed by atoms with Crippen molar-refractivity contribution >= 4 is 17.2 Å². The van der Waals surface area contributed by atoms with Crippen molar-refractivity contribution in [1.82, 2.24) is 14.9 Å². The maximum Gasteiger partial charge on any atom is 0.161 e. The topological polar surface area (TPSA) is 86.5 Å². The van der Waals surface area contributed by atoms with E-state index in [2.05, 4.69) is 55.4 Å². The molecule has 0 saturated carbocycles. The molecule has 1 N–H and O–H groups in total. The molecule has 2 fully saturated rings. The third kappa shape index (κ3) is 4.60. The summed E-state index contributed by atoms with van der Waals surface area (Å²) in [6.07, 6.45) is 1.71. The van der Waals surface area contributed by atoms with E-state index in [1.807, 2.05) is 12.1 Å². The molecule has 0 spiro atoms. The van der Waals surface area contributed by atoms with Crippen LogP contribution in [0.1, 0.15) is 5.56 Å². The average molecular weight is 443 g/mol. The highest BCUT2D eigenvalue weighted by molar-refractivity contribution is 5.65. The summed E-state index contributed by atoms with van der Waals surface area (Å²) in [6.45, 7) is 5.98. The highest BCUT2D eigenvalue weighted by atomic mass is 16.5. The van der Waals surface area contributed by atoms with Gasteiger partial charge in [0.25, 0.3) is 0 Å². The van der Waals surface area contributed by atoms with Crippen molar-refractivity contribution in [3.05, 3.63) is 60.3 Å².